The van der Waals surface area contributed by atoms with Crippen molar-refractivity contribution in [2.75, 3.05) is 13.7 Å². The van der Waals surface area contributed by atoms with E-state index in [1.54, 1.807) is 31.4 Å². The number of benzene rings is 1. The van der Waals surface area contributed by atoms with E-state index in [4.69, 9.17) is 9.84 Å². The van der Waals surface area contributed by atoms with E-state index < -0.39 is 0 Å². The number of hydrogen-bond donors (Lipinski definition) is 1. The third-order valence-corrected chi connectivity index (χ3v) is 4.78. The zero-order chi connectivity index (χ0) is 16.5. The Morgan fingerprint density at radius 2 is 1.92 bits per heavy atom. The molecule has 1 amide bonds. The summed E-state index contributed by atoms with van der Waals surface area (Å²) in [5.74, 6) is 2.06. The highest BCUT2D eigenvalue weighted by atomic mass is 16.5. The Kier molecular flexibility index (Phi) is 4.00. The van der Waals surface area contributed by atoms with Crippen molar-refractivity contribution in [3.8, 4) is 5.75 Å². The van der Waals surface area contributed by atoms with Gasteiger partial charge in [0.1, 0.15) is 5.75 Å². The predicted molar refractivity (Wildman–Crippen MR) is 91.5 cm³/mol. The van der Waals surface area contributed by atoms with Crippen LogP contribution in [0.3, 0.4) is 0 Å². The topological polar surface area (TPSA) is 56.1 Å². The summed E-state index contributed by atoms with van der Waals surface area (Å²) in [5, 5.41) is 7.76. The second-order valence-electron chi connectivity index (χ2n) is 6.75. The summed E-state index contributed by atoms with van der Waals surface area (Å²) in [4.78, 5) is 12.2. The summed E-state index contributed by atoms with van der Waals surface area (Å²) in [6.45, 7) is 1.33. The summed E-state index contributed by atoms with van der Waals surface area (Å²) < 4.78 is 7.22. The van der Waals surface area contributed by atoms with Crippen molar-refractivity contribution in [2.24, 2.45) is 0 Å². The molecule has 0 atom stereocenters. The average molecular weight is 325 g/mol. The maximum absolute atomic E-state index is 12.2. The van der Waals surface area contributed by atoms with Gasteiger partial charge in [0.05, 0.1) is 19.3 Å². The fourth-order valence-corrected chi connectivity index (χ4v) is 3.04. The van der Waals surface area contributed by atoms with Crippen molar-refractivity contribution in [1.29, 1.82) is 0 Å². The number of aromatic nitrogens is 2. The lowest BCUT2D eigenvalue weighted by Gasteiger charge is -2.09. The van der Waals surface area contributed by atoms with Gasteiger partial charge in [-0.25, -0.2) is 0 Å². The quantitative estimate of drug-likeness (QED) is 0.851. The minimum Gasteiger partial charge on any atom is -0.497 e. The Hall–Kier alpha value is -2.30. The first-order chi connectivity index (χ1) is 11.7. The molecule has 0 unspecified atom stereocenters. The smallest absolute Gasteiger partial charge is 0.251 e. The zero-order valence-corrected chi connectivity index (χ0v) is 14.0. The molecule has 2 aliphatic carbocycles. The second kappa shape index (κ2) is 6.30. The maximum atomic E-state index is 12.2. The molecule has 0 spiro atoms. The van der Waals surface area contributed by atoms with E-state index in [1.807, 2.05) is 0 Å². The molecule has 2 aromatic rings. The molecule has 24 heavy (non-hydrogen) atoms. The first-order valence-electron chi connectivity index (χ1n) is 8.74. The van der Waals surface area contributed by atoms with Gasteiger partial charge in [0.25, 0.3) is 5.91 Å². The van der Waals surface area contributed by atoms with Gasteiger partial charge in [0, 0.05) is 29.6 Å². The Labute approximate surface area is 142 Å². The van der Waals surface area contributed by atoms with E-state index in [-0.39, 0.29) is 5.91 Å². The molecule has 1 N–H and O–H groups in total. The van der Waals surface area contributed by atoms with E-state index in [0.29, 0.717) is 23.9 Å². The van der Waals surface area contributed by atoms with Crippen molar-refractivity contribution in [3.05, 3.63) is 47.3 Å². The minimum absolute atomic E-state index is 0.0554. The molecule has 4 rings (SSSR count). The van der Waals surface area contributed by atoms with Crippen molar-refractivity contribution < 1.29 is 9.53 Å². The fourth-order valence-electron chi connectivity index (χ4n) is 3.04. The molecule has 1 aromatic carbocycles. The molecular formula is C19H23N3O2. The normalized spacial score (nSPS) is 16.9. The largest absolute Gasteiger partial charge is 0.497 e. The highest BCUT2D eigenvalue weighted by Gasteiger charge is 2.32. The minimum atomic E-state index is -0.0554. The molecule has 2 fully saturated rings. The van der Waals surface area contributed by atoms with Crippen LogP contribution in [0.25, 0.3) is 0 Å². The van der Waals surface area contributed by atoms with Crippen LogP contribution in [0.15, 0.2) is 30.3 Å². The van der Waals surface area contributed by atoms with Crippen LogP contribution in [0, 0.1) is 0 Å². The predicted octanol–water partition coefficient (Wildman–Crippen LogP) is 3.08. The highest BCUT2D eigenvalue weighted by molar-refractivity contribution is 5.94. The molecule has 1 aromatic heterocycles. The third kappa shape index (κ3) is 3.30. The summed E-state index contributed by atoms with van der Waals surface area (Å²) in [6, 6.07) is 9.46. The van der Waals surface area contributed by atoms with Gasteiger partial charge in [0.2, 0.25) is 0 Å². The number of hydrogen-bond acceptors (Lipinski definition) is 3. The SMILES string of the molecule is COc1ccc(C(=O)NCCn2nc(C3CC3)cc2C2CC2)cc1. The third-order valence-electron chi connectivity index (χ3n) is 4.78. The molecule has 126 valence electrons. The van der Waals surface area contributed by atoms with Crippen LogP contribution in [0.4, 0.5) is 0 Å². The average Bonchev–Trinajstić information content (AvgIpc) is 3.53. The number of methoxy groups -OCH3 is 1. The summed E-state index contributed by atoms with van der Waals surface area (Å²) >= 11 is 0. The number of amides is 1. The zero-order valence-electron chi connectivity index (χ0n) is 14.0. The number of nitrogens with one attached hydrogen (secondary N) is 1. The van der Waals surface area contributed by atoms with Crippen LogP contribution in [0.1, 0.15) is 59.3 Å². The van der Waals surface area contributed by atoms with E-state index in [1.165, 1.54) is 37.1 Å². The molecule has 0 radical (unpaired) electrons. The molecule has 1 heterocycles. The second-order valence-corrected chi connectivity index (χ2v) is 6.75. The van der Waals surface area contributed by atoms with E-state index in [2.05, 4.69) is 16.1 Å². The standard InChI is InChI=1S/C19H23N3O2/c1-24-16-8-6-15(7-9-16)19(23)20-10-11-22-18(14-4-5-14)12-17(21-22)13-2-3-13/h6-9,12-14H,2-5,10-11H2,1H3,(H,20,23). The lowest BCUT2D eigenvalue weighted by atomic mass is 10.2. The molecule has 2 aliphatic rings. The Balaban J connectivity index is 1.35. The van der Waals surface area contributed by atoms with Gasteiger partial charge in [-0.05, 0) is 56.0 Å². The van der Waals surface area contributed by atoms with Crippen molar-refractivity contribution >= 4 is 5.91 Å². The molecule has 0 aliphatic heterocycles. The van der Waals surface area contributed by atoms with E-state index in [9.17, 15) is 4.79 Å². The molecule has 0 bridgehead atoms. The van der Waals surface area contributed by atoms with E-state index >= 15 is 0 Å². The van der Waals surface area contributed by atoms with Crippen LogP contribution in [0.5, 0.6) is 5.75 Å². The maximum Gasteiger partial charge on any atom is 0.251 e. The first-order valence-corrected chi connectivity index (χ1v) is 8.74. The van der Waals surface area contributed by atoms with Gasteiger partial charge < -0.3 is 10.1 Å². The van der Waals surface area contributed by atoms with Gasteiger partial charge in [0.15, 0.2) is 0 Å². The summed E-state index contributed by atoms with van der Waals surface area (Å²) in [7, 11) is 1.62. The van der Waals surface area contributed by atoms with E-state index in [0.717, 1.165) is 12.3 Å². The molecule has 5 heteroatoms. The van der Waals surface area contributed by atoms with Gasteiger partial charge in [-0.1, -0.05) is 0 Å². The van der Waals surface area contributed by atoms with Crippen LogP contribution in [-0.2, 0) is 6.54 Å². The monoisotopic (exact) mass is 325 g/mol. The lowest BCUT2D eigenvalue weighted by molar-refractivity contribution is 0.0952. The Morgan fingerprint density at radius 1 is 1.21 bits per heavy atom. The first kappa shape index (κ1) is 15.2. The Bertz CT molecular complexity index is 728. The molecule has 0 saturated heterocycles. The highest BCUT2D eigenvalue weighted by Crippen LogP contribution is 2.44. The number of ether oxygens (including phenoxy) is 1. The van der Waals surface area contributed by atoms with Crippen LogP contribution < -0.4 is 10.1 Å². The van der Waals surface area contributed by atoms with Gasteiger partial charge in [-0.15, -0.1) is 0 Å². The van der Waals surface area contributed by atoms with Crippen LogP contribution in [0.2, 0.25) is 0 Å². The fraction of sp³-hybridized carbons (Fsp3) is 0.474. The number of nitrogens with zero attached hydrogens (tertiary/aromatic N) is 2. The summed E-state index contributed by atoms with van der Waals surface area (Å²) in [6.07, 6.45) is 5.09. The number of rotatable bonds is 7. The van der Waals surface area contributed by atoms with Crippen molar-refractivity contribution in [1.82, 2.24) is 15.1 Å². The van der Waals surface area contributed by atoms with Crippen LogP contribution >= 0.6 is 0 Å². The summed E-state index contributed by atoms with van der Waals surface area (Å²) in [5.41, 5.74) is 3.26. The molecule has 2 saturated carbocycles. The molecular weight excluding hydrogens is 302 g/mol. The van der Waals surface area contributed by atoms with Gasteiger partial charge in [-0.3, -0.25) is 9.48 Å². The molecule has 5 nitrogen and oxygen atoms in total. The van der Waals surface area contributed by atoms with Gasteiger partial charge in [-0.2, -0.15) is 5.10 Å². The van der Waals surface area contributed by atoms with Crippen molar-refractivity contribution in [3.63, 3.8) is 0 Å². The number of carbonyl (C=O) groups is 1. The van der Waals surface area contributed by atoms with Crippen molar-refractivity contribution in [2.45, 2.75) is 44.1 Å². The lowest BCUT2D eigenvalue weighted by Crippen LogP contribution is -2.27. The van der Waals surface area contributed by atoms with Crippen LogP contribution in [-0.4, -0.2) is 29.3 Å². The Morgan fingerprint density at radius 3 is 2.54 bits per heavy atom. The van der Waals surface area contributed by atoms with Gasteiger partial charge >= 0.3 is 0 Å². The number of carbonyl (C=O) groups excluding carboxylic acids is 1.